The zero-order valence-electron chi connectivity index (χ0n) is 26.5. The first-order valence-electron chi connectivity index (χ1n) is 15.5. The van der Waals surface area contributed by atoms with E-state index < -0.39 is 28.5 Å². The number of hydrogen-bond donors (Lipinski definition) is 1. The molecule has 0 heterocycles. The van der Waals surface area contributed by atoms with Crippen molar-refractivity contribution in [1.29, 1.82) is 0 Å². The second-order valence-corrected chi connectivity index (χ2v) is 13.7. The van der Waals surface area contributed by atoms with E-state index >= 15 is 0 Å². The quantitative estimate of drug-likeness (QED) is 0.246. The van der Waals surface area contributed by atoms with Crippen LogP contribution in [0.25, 0.3) is 0 Å². The first-order chi connectivity index (χ1) is 21.0. The average molecular weight is 620 g/mol. The average Bonchev–Trinajstić information content (AvgIpc) is 3.53. The normalized spacial score (nSPS) is 14.3. The van der Waals surface area contributed by atoms with Crippen molar-refractivity contribution in [3.8, 4) is 5.75 Å². The van der Waals surface area contributed by atoms with Crippen molar-refractivity contribution >= 4 is 27.5 Å². The molecule has 0 spiro atoms. The summed E-state index contributed by atoms with van der Waals surface area (Å²) in [6.45, 7) is 7.55. The number of rotatable bonds is 13. The molecule has 1 fully saturated rings. The number of ether oxygens (including phenoxy) is 1. The molecule has 0 radical (unpaired) electrons. The molecule has 1 aliphatic rings. The van der Waals surface area contributed by atoms with Crippen molar-refractivity contribution in [2.45, 2.75) is 89.2 Å². The first kappa shape index (κ1) is 33.1. The molecular formula is C35H45N3O5S. The molecule has 1 N–H and O–H groups in total. The SMILES string of the molecule is CC[C@H](C(=O)NC1CCCC1)N(Cc1cccc(OC)c1)C(=O)CN(c1ccc(C(C)C)cc1)S(=O)(=O)c1ccc(C)cc1. The van der Waals surface area contributed by atoms with Gasteiger partial charge in [-0.15, -0.1) is 0 Å². The van der Waals surface area contributed by atoms with E-state index in [0.29, 0.717) is 17.9 Å². The molecule has 4 rings (SSSR count). The van der Waals surface area contributed by atoms with Crippen LogP contribution in [0.2, 0.25) is 0 Å². The largest absolute Gasteiger partial charge is 0.497 e. The van der Waals surface area contributed by atoms with Crippen LogP contribution in [-0.4, -0.2) is 50.9 Å². The molecule has 8 nitrogen and oxygen atoms in total. The van der Waals surface area contributed by atoms with E-state index in [2.05, 4.69) is 19.2 Å². The molecule has 0 saturated heterocycles. The summed E-state index contributed by atoms with van der Waals surface area (Å²) in [6.07, 6.45) is 4.34. The third-order valence-electron chi connectivity index (χ3n) is 8.31. The number of methoxy groups -OCH3 is 1. The van der Waals surface area contributed by atoms with Gasteiger partial charge in [-0.1, -0.05) is 75.6 Å². The van der Waals surface area contributed by atoms with Crippen molar-refractivity contribution in [1.82, 2.24) is 10.2 Å². The van der Waals surface area contributed by atoms with Crippen LogP contribution in [0.5, 0.6) is 5.75 Å². The summed E-state index contributed by atoms with van der Waals surface area (Å²) in [4.78, 5) is 29.6. The Morgan fingerprint density at radius 3 is 2.23 bits per heavy atom. The maximum atomic E-state index is 14.3. The Kier molecular flexibility index (Phi) is 11.1. The van der Waals surface area contributed by atoms with Crippen molar-refractivity contribution in [2.75, 3.05) is 18.0 Å². The minimum Gasteiger partial charge on any atom is -0.497 e. The van der Waals surface area contributed by atoms with E-state index in [0.717, 1.165) is 46.7 Å². The molecule has 0 aliphatic heterocycles. The number of nitrogens with one attached hydrogen (secondary N) is 1. The molecule has 2 amide bonds. The fourth-order valence-electron chi connectivity index (χ4n) is 5.65. The number of carbonyl (C=O) groups is 2. The highest BCUT2D eigenvalue weighted by Gasteiger charge is 2.34. The number of sulfonamides is 1. The molecule has 236 valence electrons. The van der Waals surface area contributed by atoms with Crippen LogP contribution < -0.4 is 14.4 Å². The van der Waals surface area contributed by atoms with Crippen molar-refractivity contribution in [2.24, 2.45) is 0 Å². The smallest absolute Gasteiger partial charge is 0.264 e. The van der Waals surface area contributed by atoms with E-state index in [4.69, 9.17) is 4.74 Å². The van der Waals surface area contributed by atoms with Gasteiger partial charge >= 0.3 is 0 Å². The molecule has 9 heteroatoms. The van der Waals surface area contributed by atoms with Gasteiger partial charge in [-0.3, -0.25) is 13.9 Å². The molecule has 44 heavy (non-hydrogen) atoms. The van der Waals surface area contributed by atoms with E-state index in [1.165, 1.54) is 4.90 Å². The third kappa shape index (κ3) is 8.00. The summed E-state index contributed by atoms with van der Waals surface area (Å²) < 4.78 is 34.8. The standard InChI is InChI=1S/C35H45N3O5S/c1-6-33(35(40)36-29-11-7-8-12-29)37(23-27-10-9-13-31(22-27)43-5)34(39)24-38(30-18-16-28(17-19-30)25(2)3)44(41,42)32-20-14-26(4)15-21-32/h9-10,13-22,25,29,33H,6-8,11-12,23-24H2,1-5H3,(H,36,40)/t33-/m1/s1. The first-order valence-corrected chi connectivity index (χ1v) is 16.9. The van der Waals surface area contributed by atoms with E-state index in [1.54, 1.807) is 43.5 Å². The Labute approximate surface area is 262 Å². The molecule has 3 aromatic rings. The van der Waals surface area contributed by atoms with Crippen molar-refractivity contribution in [3.63, 3.8) is 0 Å². The summed E-state index contributed by atoms with van der Waals surface area (Å²) in [7, 11) is -2.55. The number of hydrogen-bond acceptors (Lipinski definition) is 5. The molecule has 0 aromatic heterocycles. The van der Waals surface area contributed by atoms with Gasteiger partial charge in [0, 0.05) is 12.6 Å². The lowest BCUT2D eigenvalue weighted by Gasteiger charge is -2.34. The van der Waals surface area contributed by atoms with Crippen LogP contribution in [0.3, 0.4) is 0 Å². The van der Waals surface area contributed by atoms with Gasteiger partial charge < -0.3 is 15.0 Å². The minimum absolute atomic E-state index is 0.0863. The summed E-state index contributed by atoms with van der Waals surface area (Å²) in [5.74, 6) is 0.205. The molecule has 1 saturated carbocycles. The predicted octanol–water partition coefficient (Wildman–Crippen LogP) is 6.19. The Morgan fingerprint density at radius 1 is 0.977 bits per heavy atom. The highest BCUT2D eigenvalue weighted by Crippen LogP contribution is 2.27. The fraction of sp³-hybridized carbons (Fsp3) is 0.429. The number of amides is 2. The summed E-state index contributed by atoms with van der Waals surface area (Å²) >= 11 is 0. The zero-order chi connectivity index (χ0) is 31.9. The highest BCUT2D eigenvalue weighted by atomic mass is 32.2. The highest BCUT2D eigenvalue weighted by molar-refractivity contribution is 7.92. The Bertz CT molecular complexity index is 1510. The van der Waals surface area contributed by atoms with Gasteiger partial charge in [0.2, 0.25) is 11.8 Å². The molecule has 3 aromatic carbocycles. The second kappa shape index (κ2) is 14.8. The van der Waals surface area contributed by atoms with Gasteiger partial charge in [-0.2, -0.15) is 0 Å². The van der Waals surface area contributed by atoms with Crippen molar-refractivity contribution < 1.29 is 22.7 Å². The summed E-state index contributed by atoms with van der Waals surface area (Å²) in [5.41, 5.74) is 3.14. The summed E-state index contributed by atoms with van der Waals surface area (Å²) in [5, 5.41) is 3.15. The van der Waals surface area contributed by atoms with Crippen LogP contribution in [-0.2, 0) is 26.2 Å². The maximum absolute atomic E-state index is 14.3. The maximum Gasteiger partial charge on any atom is 0.264 e. The van der Waals surface area contributed by atoms with Crippen LogP contribution in [0.4, 0.5) is 5.69 Å². The van der Waals surface area contributed by atoms with Gasteiger partial charge in [-0.25, -0.2) is 8.42 Å². The van der Waals surface area contributed by atoms with Gasteiger partial charge in [0.25, 0.3) is 10.0 Å². The zero-order valence-corrected chi connectivity index (χ0v) is 27.3. The topological polar surface area (TPSA) is 96.0 Å². The van der Waals surface area contributed by atoms with Crippen molar-refractivity contribution in [3.05, 3.63) is 89.5 Å². The number of anilines is 1. The fourth-order valence-corrected chi connectivity index (χ4v) is 7.06. The van der Waals surface area contributed by atoms with Crippen LogP contribution >= 0.6 is 0 Å². The Morgan fingerprint density at radius 2 is 1.64 bits per heavy atom. The van der Waals surface area contributed by atoms with Crippen LogP contribution in [0, 0.1) is 6.92 Å². The van der Waals surface area contributed by atoms with Gasteiger partial charge in [-0.05, 0) is 79.6 Å². The van der Waals surface area contributed by atoms with E-state index in [9.17, 15) is 18.0 Å². The number of nitrogens with zero attached hydrogens (tertiary/aromatic N) is 2. The molecule has 0 bridgehead atoms. The van der Waals surface area contributed by atoms with Gasteiger partial charge in [0.15, 0.2) is 0 Å². The monoisotopic (exact) mass is 619 g/mol. The Balaban J connectivity index is 1.73. The van der Waals surface area contributed by atoms with Gasteiger partial charge in [0.05, 0.1) is 17.7 Å². The number of benzene rings is 3. The predicted molar refractivity (Wildman–Crippen MR) is 174 cm³/mol. The minimum atomic E-state index is -4.12. The van der Waals surface area contributed by atoms with E-state index in [1.807, 2.05) is 50.2 Å². The number of aryl methyl sites for hydroxylation is 1. The van der Waals surface area contributed by atoms with E-state index in [-0.39, 0.29) is 29.3 Å². The van der Waals surface area contributed by atoms with Crippen LogP contribution in [0.1, 0.15) is 75.5 Å². The van der Waals surface area contributed by atoms with Crippen LogP contribution in [0.15, 0.2) is 77.7 Å². The number of carbonyl (C=O) groups excluding carboxylic acids is 2. The Hall–Kier alpha value is -3.85. The second-order valence-electron chi connectivity index (χ2n) is 11.9. The third-order valence-corrected chi connectivity index (χ3v) is 10.1. The lowest BCUT2D eigenvalue weighted by molar-refractivity contribution is -0.140. The lowest BCUT2D eigenvalue weighted by atomic mass is 10.0. The molecule has 1 atom stereocenters. The molecule has 0 unspecified atom stereocenters. The molecule has 1 aliphatic carbocycles. The lowest BCUT2D eigenvalue weighted by Crippen LogP contribution is -2.53. The summed E-state index contributed by atoms with van der Waals surface area (Å²) in [6, 6.07) is 20.5. The molecular weight excluding hydrogens is 574 g/mol. The van der Waals surface area contributed by atoms with Gasteiger partial charge in [0.1, 0.15) is 18.3 Å².